The van der Waals surface area contributed by atoms with Gasteiger partial charge in [0.25, 0.3) is 13.4 Å². The Hall–Kier alpha value is -9.21. The molecule has 11 heteroatoms. The van der Waals surface area contributed by atoms with Gasteiger partial charge in [-0.1, -0.05) is 103 Å². The molecule has 9 nitrogen and oxygen atoms in total. The summed E-state index contributed by atoms with van der Waals surface area (Å²) in [6, 6.07) is 60.8. The van der Waals surface area contributed by atoms with E-state index in [-0.39, 0.29) is 13.4 Å². The fourth-order valence-corrected chi connectivity index (χ4v) is 11.9. The molecule has 11 aromatic rings. The molecular formula is C62H42B2N4O5. The quantitative estimate of drug-likeness (QED) is 0.0940. The van der Waals surface area contributed by atoms with E-state index in [2.05, 4.69) is 164 Å². The second-order valence-electron chi connectivity index (χ2n) is 19.4. The van der Waals surface area contributed by atoms with E-state index in [0.29, 0.717) is 0 Å². The molecule has 0 unspecified atom stereocenters. The van der Waals surface area contributed by atoms with Gasteiger partial charge in [-0.25, -0.2) is 4.68 Å². The highest BCUT2D eigenvalue weighted by atomic mass is 16.5. The van der Waals surface area contributed by atoms with Crippen LogP contribution in [0, 0.1) is 27.1 Å². The van der Waals surface area contributed by atoms with Gasteiger partial charge in [0.2, 0.25) is 6.33 Å². The lowest BCUT2D eigenvalue weighted by Gasteiger charge is -2.33. The van der Waals surface area contributed by atoms with Crippen LogP contribution in [-0.4, -0.2) is 27.8 Å². The monoisotopic (exact) mass is 944 g/mol. The van der Waals surface area contributed by atoms with E-state index >= 15 is 0 Å². The van der Waals surface area contributed by atoms with Crippen LogP contribution >= 0.6 is 0 Å². The van der Waals surface area contributed by atoms with Crippen molar-refractivity contribution in [3.8, 4) is 102 Å². The molecule has 346 valence electrons. The van der Waals surface area contributed by atoms with Crippen LogP contribution in [0.15, 0.2) is 187 Å². The number of hydrogen-bond acceptors (Lipinski definition) is 6. The summed E-state index contributed by atoms with van der Waals surface area (Å²) in [5.74, 6) is 7.15. The molecule has 4 aliphatic heterocycles. The summed E-state index contributed by atoms with van der Waals surface area (Å²) < 4.78 is 39.4. The molecule has 0 spiro atoms. The average Bonchev–Trinajstić information content (AvgIpc) is 4.13. The van der Waals surface area contributed by atoms with Crippen molar-refractivity contribution >= 4 is 46.2 Å². The molecule has 0 aliphatic carbocycles. The molecule has 73 heavy (non-hydrogen) atoms. The van der Waals surface area contributed by atoms with Crippen LogP contribution in [0.4, 0.5) is 0 Å². The van der Waals surface area contributed by atoms with Crippen LogP contribution in [0.1, 0.15) is 17.1 Å². The normalized spacial score (nSPS) is 13.0. The second kappa shape index (κ2) is 15.6. The standard InChI is InChI=1S/C62H42B2N4O5/c1-36-59(39-13-7-5-8-14-39)37(2)68(65-36)45-24-28-53-49(33-45)64-47-30-42(22-26-51(47)71-55-18-12-20-57(73-53)61(55)64)58-31-43(34-69-58)41-21-25-50-46(29-41)63-48-32-44(23-27-52(48)72-56-19-11-17-54(70-50)60(56)63)67-35-66(4)62(38(67)3)40-15-9-6-10-16-40/h5-34H,1-4H3. The molecule has 3 aromatic heterocycles. The van der Waals surface area contributed by atoms with Crippen LogP contribution in [0.25, 0.3) is 56.2 Å². The van der Waals surface area contributed by atoms with E-state index in [1.807, 2.05) is 66.5 Å². The molecule has 0 saturated carbocycles. The molecule has 0 saturated heterocycles. The minimum Gasteiger partial charge on any atom is -0.464 e. The summed E-state index contributed by atoms with van der Waals surface area (Å²) in [5, 5.41) is 5.07. The lowest BCUT2D eigenvalue weighted by molar-refractivity contribution is -0.664. The molecule has 4 aliphatic rings. The summed E-state index contributed by atoms with van der Waals surface area (Å²) >= 11 is 0. The van der Waals surface area contributed by atoms with Crippen molar-refractivity contribution in [2.75, 3.05) is 0 Å². The fraction of sp³-hybridized carbons (Fsp3) is 0.0645. The molecule has 15 rings (SSSR count). The predicted molar refractivity (Wildman–Crippen MR) is 287 cm³/mol. The molecule has 0 radical (unpaired) electrons. The van der Waals surface area contributed by atoms with Crippen molar-refractivity contribution < 1.29 is 27.9 Å². The number of imidazole rings is 1. The third kappa shape index (κ3) is 6.31. The van der Waals surface area contributed by atoms with Gasteiger partial charge in [-0.2, -0.15) is 5.10 Å². The first kappa shape index (κ1) is 41.6. The number of aromatic nitrogens is 4. The summed E-state index contributed by atoms with van der Waals surface area (Å²) in [6.07, 6.45) is 5.42. The lowest BCUT2D eigenvalue weighted by atomic mass is 9.34. The van der Waals surface area contributed by atoms with Gasteiger partial charge in [-0.15, -0.1) is 0 Å². The zero-order valence-electron chi connectivity index (χ0n) is 40.3. The molecule has 0 bridgehead atoms. The van der Waals surface area contributed by atoms with E-state index in [1.165, 1.54) is 0 Å². The van der Waals surface area contributed by atoms with E-state index in [9.17, 15) is 0 Å². The Kier molecular flexibility index (Phi) is 8.91. The molecule has 7 heterocycles. The Morgan fingerprint density at radius 3 is 1.56 bits per heavy atom. The zero-order valence-corrected chi connectivity index (χ0v) is 40.3. The van der Waals surface area contributed by atoms with Crippen LogP contribution in [-0.2, 0) is 7.05 Å². The highest BCUT2D eigenvalue weighted by molar-refractivity contribution is 6.99. The number of aryl methyl sites for hydroxylation is 2. The van der Waals surface area contributed by atoms with Gasteiger partial charge >= 0.3 is 0 Å². The van der Waals surface area contributed by atoms with Crippen LogP contribution in [0.2, 0.25) is 0 Å². The van der Waals surface area contributed by atoms with Gasteiger partial charge in [-0.3, -0.25) is 0 Å². The van der Waals surface area contributed by atoms with Crippen LogP contribution in [0.3, 0.4) is 0 Å². The second-order valence-corrected chi connectivity index (χ2v) is 19.4. The maximum atomic E-state index is 6.66. The zero-order chi connectivity index (χ0) is 48.6. The van der Waals surface area contributed by atoms with Crippen molar-refractivity contribution in [3.63, 3.8) is 0 Å². The van der Waals surface area contributed by atoms with Gasteiger partial charge in [0, 0.05) is 39.0 Å². The van der Waals surface area contributed by atoms with Gasteiger partial charge in [0.1, 0.15) is 51.8 Å². The maximum absolute atomic E-state index is 6.66. The average molecular weight is 945 g/mol. The number of rotatable bonds is 6. The van der Waals surface area contributed by atoms with E-state index in [1.54, 1.807) is 0 Å². The van der Waals surface area contributed by atoms with E-state index < -0.39 is 0 Å². The SMILES string of the molecule is Cc1nn(-c2ccc3c(c2)B2c4cc(-c5cc(-c6ccc7c(c6)B6c8cc(-n9[c-][n+](C)c(-c%10ccccc%10)c9C)ccc8Oc8cccc(c86)O7)co5)ccc4Oc4cccc(c42)O3)c(C)c1-c1ccccc1. The van der Waals surface area contributed by atoms with Crippen LogP contribution < -0.4 is 56.3 Å². The van der Waals surface area contributed by atoms with Crippen molar-refractivity contribution in [2.45, 2.75) is 20.8 Å². The van der Waals surface area contributed by atoms with E-state index in [4.69, 9.17) is 28.5 Å². The van der Waals surface area contributed by atoms with Crippen molar-refractivity contribution in [1.29, 1.82) is 0 Å². The lowest BCUT2D eigenvalue weighted by Crippen LogP contribution is -2.57. The van der Waals surface area contributed by atoms with E-state index in [0.717, 1.165) is 152 Å². The van der Waals surface area contributed by atoms with Crippen molar-refractivity contribution in [2.24, 2.45) is 7.05 Å². The first-order chi connectivity index (χ1) is 35.8. The topological polar surface area (TPSA) is 76.7 Å². The highest BCUT2D eigenvalue weighted by Gasteiger charge is 2.42. The molecule has 8 aromatic carbocycles. The number of fused-ring (bicyclic) bond motifs is 8. The third-order valence-corrected chi connectivity index (χ3v) is 15.1. The Labute approximate surface area is 422 Å². The Morgan fingerprint density at radius 2 is 0.959 bits per heavy atom. The summed E-state index contributed by atoms with van der Waals surface area (Å²) in [4.78, 5) is 0. The van der Waals surface area contributed by atoms with Gasteiger partial charge in [0.05, 0.1) is 36.1 Å². The van der Waals surface area contributed by atoms with Gasteiger partial charge in [-0.05, 0) is 132 Å². The number of ether oxygens (including phenoxy) is 4. The highest BCUT2D eigenvalue weighted by Crippen LogP contribution is 2.40. The number of nitrogens with zero attached hydrogens (tertiary/aromatic N) is 4. The van der Waals surface area contributed by atoms with Gasteiger partial charge in [0.15, 0.2) is 0 Å². The molecule has 0 fully saturated rings. The minimum absolute atomic E-state index is 0.147. The van der Waals surface area contributed by atoms with Crippen molar-refractivity contribution in [1.82, 2.24) is 14.3 Å². The Bertz CT molecular complexity index is 3830. The predicted octanol–water partition coefficient (Wildman–Crippen LogP) is 9.93. The third-order valence-electron chi connectivity index (χ3n) is 15.1. The number of benzene rings is 8. The maximum Gasteiger partial charge on any atom is 0.260 e. The van der Waals surface area contributed by atoms with Crippen molar-refractivity contribution in [3.05, 3.63) is 206 Å². The largest absolute Gasteiger partial charge is 0.464 e. The van der Waals surface area contributed by atoms with Gasteiger partial charge < -0.3 is 32.5 Å². The fourth-order valence-electron chi connectivity index (χ4n) is 11.9. The van der Waals surface area contributed by atoms with Crippen LogP contribution in [0.5, 0.6) is 46.0 Å². The summed E-state index contributed by atoms with van der Waals surface area (Å²) in [6.45, 7) is 6.05. The molecular weight excluding hydrogens is 902 g/mol. The first-order valence-electron chi connectivity index (χ1n) is 24.6. The summed E-state index contributed by atoms with van der Waals surface area (Å²) in [5.41, 5.74) is 18.8. The Balaban J connectivity index is 0.797. The number of furan rings is 1. The summed E-state index contributed by atoms with van der Waals surface area (Å²) in [7, 11) is 2.05. The molecule has 0 N–H and O–H groups in total. The first-order valence-corrected chi connectivity index (χ1v) is 24.6. The molecule has 0 atom stereocenters. The minimum atomic E-state index is -0.164. The Morgan fingerprint density at radius 1 is 0.452 bits per heavy atom. The number of hydrogen-bond donors (Lipinski definition) is 0. The molecule has 0 amide bonds. The smallest absolute Gasteiger partial charge is 0.260 e.